The molecule has 19 heavy (non-hydrogen) atoms. The lowest BCUT2D eigenvalue weighted by Crippen LogP contribution is -2.23. The molecule has 0 unspecified atom stereocenters. The monoisotopic (exact) mass is 256 g/mol. The Bertz CT molecular complexity index is 526. The number of ether oxygens (including phenoxy) is 1. The van der Waals surface area contributed by atoms with E-state index in [1.807, 2.05) is 43.3 Å². The van der Waals surface area contributed by atoms with Gasteiger partial charge in [-0.15, -0.1) is 0 Å². The summed E-state index contributed by atoms with van der Waals surface area (Å²) in [5, 5.41) is 0. The maximum Gasteiger partial charge on any atom is 0.122 e. The summed E-state index contributed by atoms with van der Waals surface area (Å²) in [6.45, 7) is 3.50. The normalized spacial score (nSPS) is 10.2. The fourth-order valence-electron chi connectivity index (χ4n) is 1.94. The van der Waals surface area contributed by atoms with E-state index in [9.17, 15) is 0 Å². The van der Waals surface area contributed by atoms with Gasteiger partial charge < -0.3 is 15.4 Å². The van der Waals surface area contributed by atoms with Crippen LogP contribution in [0.3, 0.4) is 0 Å². The maximum absolute atomic E-state index is 5.79. The van der Waals surface area contributed by atoms with Crippen molar-refractivity contribution in [1.29, 1.82) is 0 Å². The Kier molecular flexibility index (Phi) is 4.29. The Balaban J connectivity index is 1.86. The predicted molar refractivity (Wildman–Crippen MR) is 80.8 cm³/mol. The Morgan fingerprint density at radius 1 is 1.11 bits per heavy atom. The van der Waals surface area contributed by atoms with Crippen LogP contribution in [0, 0.1) is 6.92 Å². The second-order valence-corrected chi connectivity index (χ2v) is 4.63. The topological polar surface area (TPSA) is 38.5 Å². The minimum absolute atomic E-state index is 0.649. The third-order valence-corrected chi connectivity index (χ3v) is 3.08. The second-order valence-electron chi connectivity index (χ2n) is 4.63. The second kappa shape index (κ2) is 6.14. The van der Waals surface area contributed by atoms with Crippen molar-refractivity contribution in [3.8, 4) is 5.75 Å². The van der Waals surface area contributed by atoms with Gasteiger partial charge >= 0.3 is 0 Å². The van der Waals surface area contributed by atoms with Crippen LogP contribution in [-0.4, -0.2) is 20.2 Å². The average molecular weight is 256 g/mol. The van der Waals surface area contributed by atoms with Gasteiger partial charge in [-0.05, 0) is 42.8 Å². The minimum atomic E-state index is 0.649. The number of anilines is 2. The minimum Gasteiger partial charge on any atom is -0.491 e. The van der Waals surface area contributed by atoms with Gasteiger partial charge in [-0.2, -0.15) is 0 Å². The van der Waals surface area contributed by atoms with Crippen LogP contribution < -0.4 is 15.4 Å². The number of benzene rings is 2. The number of nitrogens with zero attached hydrogens (tertiary/aromatic N) is 1. The van der Waals surface area contributed by atoms with Crippen LogP contribution in [0.5, 0.6) is 5.75 Å². The number of hydrogen-bond donors (Lipinski definition) is 1. The molecule has 2 rings (SSSR count). The van der Waals surface area contributed by atoms with Crippen molar-refractivity contribution in [1.82, 2.24) is 0 Å². The molecule has 2 N–H and O–H groups in total. The molecule has 2 aromatic carbocycles. The molecule has 100 valence electrons. The number of likely N-dealkylation sites (N-methyl/N-ethyl adjacent to an activating group) is 1. The van der Waals surface area contributed by atoms with E-state index in [0.29, 0.717) is 6.61 Å². The van der Waals surface area contributed by atoms with Crippen molar-refractivity contribution in [2.75, 3.05) is 30.8 Å². The summed E-state index contributed by atoms with van der Waals surface area (Å²) in [5.74, 6) is 0.899. The van der Waals surface area contributed by atoms with Crippen LogP contribution >= 0.6 is 0 Å². The Morgan fingerprint density at radius 2 is 1.84 bits per heavy atom. The van der Waals surface area contributed by atoms with Crippen LogP contribution in [0.1, 0.15) is 5.56 Å². The number of para-hydroxylation sites is 1. The summed E-state index contributed by atoms with van der Waals surface area (Å²) in [5.41, 5.74) is 8.75. The van der Waals surface area contributed by atoms with E-state index in [1.165, 1.54) is 5.69 Å². The largest absolute Gasteiger partial charge is 0.491 e. The smallest absolute Gasteiger partial charge is 0.122 e. The first-order valence-corrected chi connectivity index (χ1v) is 6.42. The SMILES string of the molecule is Cc1cc(N)ccc1OCCN(C)c1ccccc1. The van der Waals surface area contributed by atoms with Crippen LogP contribution in [0.25, 0.3) is 0 Å². The van der Waals surface area contributed by atoms with Crippen molar-refractivity contribution < 1.29 is 4.74 Å². The summed E-state index contributed by atoms with van der Waals surface area (Å²) >= 11 is 0. The molecule has 0 aliphatic rings. The molecule has 0 saturated carbocycles. The summed E-state index contributed by atoms with van der Waals surface area (Å²) in [4.78, 5) is 2.17. The molecule has 2 aromatic rings. The molecular weight excluding hydrogens is 236 g/mol. The van der Waals surface area contributed by atoms with Crippen LogP contribution in [0.15, 0.2) is 48.5 Å². The Hall–Kier alpha value is -2.16. The van der Waals surface area contributed by atoms with Gasteiger partial charge in [0.25, 0.3) is 0 Å². The zero-order valence-corrected chi connectivity index (χ0v) is 11.5. The Labute approximate surface area is 114 Å². The van der Waals surface area contributed by atoms with Gasteiger partial charge in [0.15, 0.2) is 0 Å². The number of nitrogen functional groups attached to an aromatic ring is 1. The van der Waals surface area contributed by atoms with Crippen molar-refractivity contribution in [3.05, 3.63) is 54.1 Å². The molecule has 0 amide bonds. The molecule has 0 atom stereocenters. The van der Waals surface area contributed by atoms with Crippen molar-refractivity contribution in [2.24, 2.45) is 0 Å². The Morgan fingerprint density at radius 3 is 2.53 bits per heavy atom. The molecule has 0 fully saturated rings. The lowest BCUT2D eigenvalue weighted by atomic mass is 10.2. The highest BCUT2D eigenvalue weighted by atomic mass is 16.5. The van der Waals surface area contributed by atoms with Crippen LogP contribution in [-0.2, 0) is 0 Å². The van der Waals surface area contributed by atoms with Gasteiger partial charge in [0.05, 0.1) is 6.54 Å². The highest BCUT2D eigenvalue weighted by Gasteiger charge is 2.02. The highest BCUT2D eigenvalue weighted by Crippen LogP contribution is 2.20. The maximum atomic E-state index is 5.79. The zero-order valence-electron chi connectivity index (χ0n) is 11.5. The fraction of sp³-hybridized carbons (Fsp3) is 0.250. The summed E-state index contributed by atoms with van der Waals surface area (Å²) in [6, 6.07) is 16.0. The third-order valence-electron chi connectivity index (χ3n) is 3.08. The van der Waals surface area contributed by atoms with E-state index in [4.69, 9.17) is 10.5 Å². The van der Waals surface area contributed by atoms with Gasteiger partial charge in [0.2, 0.25) is 0 Å². The molecule has 3 heteroatoms. The van der Waals surface area contributed by atoms with Gasteiger partial charge in [-0.25, -0.2) is 0 Å². The first kappa shape index (κ1) is 13.3. The van der Waals surface area contributed by atoms with E-state index in [2.05, 4.69) is 24.1 Å². The van der Waals surface area contributed by atoms with Crippen molar-refractivity contribution >= 4 is 11.4 Å². The molecule has 0 aliphatic carbocycles. The van der Waals surface area contributed by atoms with Crippen molar-refractivity contribution in [2.45, 2.75) is 6.92 Å². The molecule has 0 bridgehead atoms. The lowest BCUT2D eigenvalue weighted by molar-refractivity contribution is 0.324. The highest BCUT2D eigenvalue weighted by molar-refractivity contribution is 5.47. The van der Waals surface area contributed by atoms with Crippen molar-refractivity contribution in [3.63, 3.8) is 0 Å². The van der Waals surface area contributed by atoms with Gasteiger partial charge in [0.1, 0.15) is 12.4 Å². The molecule has 0 saturated heterocycles. The fourth-order valence-corrected chi connectivity index (χ4v) is 1.94. The summed E-state index contributed by atoms with van der Waals surface area (Å²) in [6.07, 6.45) is 0. The van der Waals surface area contributed by atoms with Crippen LogP contribution in [0.2, 0.25) is 0 Å². The number of aryl methyl sites for hydroxylation is 1. The molecule has 0 radical (unpaired) electrons. The number of nitrogens with two attached hydrogens (primary N) is 1. The average Bonchev–Trinajstić information content (AvgIpc) is 2.42. The van der Waals surface area contributed by atoms with E-state index in [-0.39, 0.29) is 0 Å². The molecule has 0 aromatic heterocycles. The first-order chi connectivity index (χ1) is 9.16. The van der Waals surface area contributed by atoms with E-state index in [0.717, 1.165) is 23.5 Å². The molecule has 0 aliphatic heterocycles. The van der Waals surface area contributed by atoms with Gasteiger partial charge in [-0.3, -0.25) is 0 Å². The van der Waals surface area contributed by atoms with Crippen LogP contribution in [0.4, 0.5) is 11.4 Å². The lowest BCUT2D eigenvalue weighted by Gasteiger charge is -2.19. The quantitative estimate of drug-likeness (QED) is 0.835. The molecule has 0 heterocycles. The summed E-state index contributed by atoms with van der Waals surface area (Å²) in [7, 11) is 2.06. The van der Waals surface area contributed by atoms with Gasteiger partial charge in [0, 0.05) is 18.4 Å². The van der Waals surface area contributed by atoms with E-state index >= 15 is 0 Å². The number of rotatable bonds is 5. The third kappa shape index (κ3) is 3.65. The van der Waals surface area contributed by atoms with E-state index in [1.54, 1.807) is 0 Å². The van der Waals surface area contributed by atoms with Gasteiger partial charge in [-0.1, -0.05) is 18.2 Å². The number of hydrogen-bond acceptors (Lipinski definition) is 3. The predicted octanol–water partition coefficient (Wildman–Crippen LogP) is 3.09. The molecular formula is C16H20N2O. The van der Waals surface area contributed by atoms with E-state index < -0.39 is 0 Å². The summed E-state index contributed by atoms with van der Waals surface area (Å²) < 4.78 is 5.79. The zero-order chi connectivity index (χ0) is 13.7. The standard InChI is InChI=1S/C16H20N2O/c1-13-12-14(17)8-9-16(13)19-11-10-18(2)15-6-4-3-5-7-15/h3-9,12H,10-11,17H2,1-2H3. The first-order valence-electron chi connectivity index (χ1n) is 6.42. The molecule has 0 spiro atoms. The molecule has 3 nitrogen and oxygen atoms in total.